The Kier molecular flexibility index (Phi) is 7.09. The Bertz CT molecular complexity index is 482. The number of nitrogens with one attached hydrogen (secondary N) is 1. The smallest absolute Gasteiger partial charge is 0.0595 e. The molecule has 1 aromatic carbocycles. The van der Waals surface area contributed by atoms with Gasteiger partial charge in [-0.25, -0.2) is 0 Å². The molecule has 0 saturated carbocycles. The lowest BCUT2D eigenvalue weighted by Crippen LogP contribution is -2.32. The van der Waals surface area contributed by atoms with Crippen LogP contribution < -0.4 is 5.32 Å². The van der Waals surface area contributed by atoms with Gasteiger partial charge in [-0.2, -0.15) is 0 Å². The topological polar surface area (TPSA) is 12.0 Å². The zero-order valence-electron chi connectivity index (χ0n) is 12.8. The van der Waals surface area contributed by atoms with Crippen LogP contribution in [0.3, 0.4) is 0 Å². The first kappa shape index (κ1) is 16.9. The minimum atomic E-state index is 0.492. The molecule has 0 aliphatic heterocycles. The Morgan fingerprint density at radius 1 is 1.14 bits per heavy atom. The minimum absolute atomic E-state index is 0.492. The van der Waals surface area contributed by atoms with Crippen molar-refractivity contribution in [2.45, 2.75) is 57.9 Å². The van der Waals surface area contributed by atoms with Crippen LogP contribution in [-0.2, 0) is 6.42 Å². The van der Waals surface area contributed by atoms with E-state index in [4.69, 9.17) is 23.2 Å². The third kappa shape index (κ3) is 5.65. The van der Waals surface area contributed by atoms with Gasteiger partial charge in [0.25, 0.3) is 0 Å². The van der Waals surface area contributed by atoms with Crippen LogP contribution in [0, 0.1) is 0 Å². The summed E-state index contributed by atoms with van der Waals surface area (Å²) >= 11 is 12.1. The summed E-state index contributed by atoms with van der Waals surface area (Å²) in [5.74, 6) is 0. The molecule has 0 heterocycles. The molecule has 3 heteroatoms. The largest absolute Gasteiger partial charge is 0.313 e. The number of hydrogen-bond donors (Lipinski definition) is 1. The molecule has 0 fully saturated rings. The van der Waals surface area contributed by atoms with E-state index in [2.05, 4.69) is 24.4 Å². The molecule has 1 nitrogen and oxygen atoms in total. The second kappa shape index (κ2) is 8.82. The summed E-state index contributed by atoms with van der Waals surface area (Å²) in [6.45, 7) is 3.28. The second-order valence-corrected chi connectivity index (χ2v) is 6.73. The van der Waals surface area contributed by atoms with Gasteiger partial charge in [-0.05, 0) is 69.2 Å². The van der Waals surface area contributed by atoms with Crippen molar-refractivity contribution in [3.05, 3.63) is 45.5 Å². The number of halogens is 2. The predicted octanol–water partition coefficient (Wildman–Crippen LogP) is 5.79. The lowest BCUT2D eigenvalue weighted by atomic mass is 9.92. The summed E-state index contributed by atoms with van der Waals surface area (Å²) in [5, 5.41) is 4.97. The first-order valence-corrected chi connectivity index (χ1v) is 8.80. The van der Waals surface area contributed by atoms with Crippen LogP contribution in [0.15, 0.2) is 29.8 Å². The molecule has 1 N–H and O–H groups in total. The average Bonchev–Trinajstić information content (AvgIpc) is 2.49. The van der Waals surface area contributed by atoms with E-state index in [-0.39, 0.29) is 0 Å². The second-order valence-electron chi connectivity index (χ2n) is 5.92. The van der Waals surface area contributed by atoms with E-state index in [1.54, 1.807) is 5.57 Å². The molecular formula is C18H25Cl2N. The van der Waals surface area contributed by atoms with Crippen LogP contribution in [0.4, 0.5) is 0 Å². The van der Waals surface area contributed by atoms with Gasteiger partial charge in [0.05, 0.1) is 10.0 Å². The van der Waals surface area contributed by atoms with Gasteiger partial charge in [-0.15, -0.1) is 0 Å². The number of rotatable bonds is 7. The number of allylic oxidation sites excluding steroid dienone is 1. The lowest BCUT2D eigenvalue weighted by Gasteiger charge is -2.22. The van der Waals surface area contributed by atoms with Crippen molar-refractivity contribution >= 4 is 23.2 Å². The van der Waals surface area contributed by atoms with Gasteiger partial charge in [0.1, 0.15) is 0 Å². The maximum Gasteiger partial charge on any atom is 0.0595 e. The van der Waals surface area contributed by atoms with E-state index in [0.717, 1.165) is 25.8 Å². The average molecular weight is 326 g/mol. The standard InChI is InChI=1S/C18H25Cl2N/c1-2-10-21-16(11-14-6-4-3-5-7-14)12-15-8-9-17(19)18(20)13-15/h6,8-9,13,16,21H,2-5,7,10-12H2,1H3. The molecule has 0 spiro atoms. The molecule has 0 aromatic heterocycles. The highest BCUT2D eigenvalue weighted by atomic mass is 35.5. The monoisotopic (exact) mass is 325 g/mol. The van der Waals surface area contributed by atoms with Crippen molar-refractivity contribution in [3.63, 3.8) is 0 Å². The van der Waals surface area contributed by atoms with Crippen LogP contribution in [0.2, 0.25) is 10.0 Å². The highest BCUT2D eigenvalue weighted by Crippen LogP contribution is 2.25. The maximum absolute atomic E-state index is 6.13. The van der Waals surface area contributed by atoms with Crippen LogP contribution in [0.25, 0.3) is 0 Å². The fourth-order valence-electron chi connectivity index (χ4n) is 2.92. The molecule has 1 unspecified atom stereocenters. The first-order chi connectivity index (χ1) is 10.2. The van der Waals surface area contributed by atoms with Crippen molar-refractivity contribution in [2.75, 3.05) is 6.54 Å². The quantitative estimate of drug-likeness (QED) is 0.625. The zero-order chi connectivity index (χ0) is 15.1. The number of benzene rings is 1. The summed E-state index contributed by atoms with van der Waals surface area (Å²) < 4.78 is 0. The maximum atomic E-state index is 6.13. The van der Waals surface area contributed by atoms with Crippen LogP contribution >= 0.6 is 23.2 Å². The minimum Gasteiger partial charge on any atom is -0.313 e. The van der Waals surface area contributed by atoms with Gasteiger partial charge >= 0.3 is 0 Å². The summed E-state index contributed by atoms with van der Waals surface area (Å²) in [7, 11) is 0. The molecule has 0 saturated heterocycles. The molecule has 0 amide bonds. The highest BCUT2D eigenvalue weighted by Gasteiger charge is 2.13. The molecule has 116 valence electrons. The Morgan fingerprint density at radius 2 is 2.00 bits per heavy atom. The van der Waals surface area contributed by atoms with E-state index < -0.39 is 0 Å². The Morgan fingerprint density at radius 3 is 2.67 bits per heavy atom. The summed E-state index contributed by atoms with van der Waals surface area (Å²) in [5.41, 5.74) is 2.88. The van der Waals surface area contributed by atoms with Crippen LogP contribution in [-0.4, -0.2) is 12.6 Å². The Labute approximate surface area is 138 Å². The molecule has 1 aliphatic carbocycles. The van der Waals surface area contributed by atoms with E-state index in [9.17, 15) is 0 Å². The van der Waals surface area contributed by atoms with Gasteiger partial charge in [0, 0.05) is 6.04 Å². The van der Waals surface area contributed by atoms with Crippen molar-refractivity contribution < 1.29 is 0 Å². The fourth-order valence-corrected chi connectivity index (χ4v) is 3.24. The normalized spacial score (nSPS) is 16.6. The highest BCUT2D eigenvalue weighted by molar-refractivity contribution is 6.42. The van der Waals surface area contributed by atoms with Gasteiger partial charge in [0.15, 0.2) is 0 Å². The molecule has 1 aromatic rings. The molecule has 0 radical (unpaired) electrons. The third-order valence-corrected chi connectivity index (χ3v) is 4.78. The lowest BCUT2D eigenvalue weighted by molar-refractivity contribution is 0.490. The van der Waals surface area contributed by atoms with Crippen molar-refractivity contribution in [1.29, 1.82) is 0 Å². The van der Waals surface area contributed by atoms with E-state index in [1.807, 2.05) is 12.1 Å². The molecule has 2 rings (SSSR count). The van der Waals surface area contributed by atoms with Gasteiger partial charge < -0.3 is 5.32 Å². The molecule has 1 atom stereocenters. The van der Waals surface area contributed by atoms with E-state index in [0.29, 0.717) is 16.1 Å². The van der Waals surface area contributed by atoms with E-state index >= 15 is 0 Å². The molecule has 21 heavy (non-hydrogen) atoms. The zero-order valence-corrected chi connectivity index (χ0v) is 14.3. The van der Waals surface area contributed by atoms with Gasteiger partial charge in [-0.1, -0.05) is 47.8 Å². The van der Waals surface area contributed by atoms with Gasteiger partial charge in [0.2, 0.25) is 0 Å². The molecule has 0 bridgehead atoms. The molecular weight excluding hydrogens is 301 g/mol. The van der Waals surface area contributed by atoms with Crippen molar-refractivity contribution in [1.82, 2.24) is 5.32 Å². The third-order valence-electron chi connectivity index (χ3n) is 4.04. The van der Waals surface area contributed by atoms with Gasteiger partial charge in [-0.3, -0.25) is 0 Å². The first-order valence-electron chi connectivity index (χ1n) is 8.04. The Balaban J connectivity index is 2.00. The van der Waals surface area contributed by atoms with E-state index in [1.165, 1.54) is 31.2 Å². The number of hydrogen-bond acceptors (Lipinski definition) is 1. The fraction of sp³-hybridized carbons (Fsp3) is 0.556. The summed E-state index contributed by atoms with van der Waals surface area (Å²) in [6, 6.07) is 6.48. The predicted molar refractivity (Wildman–Crippen MR) is 93.4 cm³/mol. The molecule has 1 aliphatic rings. The van der Waals surface area contributed by atoms with Crippen LogP contribution in [0.5, 0.6) is 0 Å². The SMILES string of the molecule is CCCNC(CC1=CCCCC1)Cc1ccc(Cl)c(Cl)c1. The van der Waals surface area contributed by atoms with Crippen LogP contribution in [0.1, 0.15) is 51.0 Å². The Hall–Kier alpha value is -0.500. The summed E-state index contributed by atoms with van der Waals surface area (Å²) in [6.07, 6.45) is 11.0. The van der Waals surface area contributed by atoms with Crippen molar-refractivity contribution in [2.24, 2.45) is 0 Å². The summed E-state index contributed by atoms with van der Waals surface area (Å²) in [4.78, 5) is 0. The van der Waals surface area contributed by atoms with Crippen molar-refractivity contribution in [3.8, 4) is 0 Å².